The highest BCUT2D eigenvalue weighted by atomic mass is 19.1. The molecular formula is C13H19FN2. The quantitative estimate of drug-likeness (QED) is 0.824. The molecule has 0 unspecified atom stereocenters. The van der Waals surface area contributed by atoms with Crippen molar-refractivity contribution in [3.8, 4) is 0 Å². The van der Waals surface area contributed by atoms with Gasteiger partial charge in [-0.3, -0.25) is 4.90 Å². The van der Waals surface area contributed by atoms with E-state index in [-0.39, 0.29) is 5.82 Å². The van der Waals surface area contributed by atoms with Crippen LogP contribution in [0.25, 0.3) is 0 Å². The second-order valence-corrected chi connectivity index (χ2v) is 4.47. The Morgan fingerprint density at radius 1 is 1.31 bits per heavy atom. The number of rotatable bonds is 2. The molecule has 0 aromatic heterocycles. The monoisotopic (exact) mass is 222 g/mol. The van der Waals surface area contributed by atoms with Gasteiger partial charge in [0.15, 0.2) is 0 Å². The SMILES string of the molecule is Cc1ccc([C@H](C)N2CCNCC2)cc1F. The predicted octanol–water partition coefficient (Wildman–Crippen LogP) is 2.10. The molecule has 1 aliphatic rings. The maximum atomic E-state index is 13.5. The van der Waals surface area contributed by atoms with Crippen LogP contribution in [0.5, 0.6) is 0 Å². The molecule has 88 valence electrons. The summed E-state index contributed by atoms with van der Waals surface area (Å²) in [6.45, 7) is 8.08. The first-order valence-electron chi connectivity index (χ1n) is 5.89. The minimum atomic E-state index is -0.0977. The van der Waals surface area contributed by atoms with Gasteiger partial charge in [0.25, 0.3) is 0 Å². The van der Waals surface area contributed by atoms with E-state index in [1.54, 1.807) is 13.0 Å². The average molecular weight is 222 g/mol. The Balaban J connectivity index is 2.12. The molecule has 1 N–H and O–H groups in total. The molecule has 1 heterocycles. The zero-order valence-electron chi connectivity index (χ0n) is 9.96. The Morgan fingerprint density at radius 3 is 2.62 bits per heavy atom. The van der Waals surface area contributed by atoms with Crippen LogP contribution in [0.3, 0.4) is 0 Å². The number of aryl methyl sites for hydroxylation is 1. The van der Waals surface area contributed by atoms with E-state index in [1.807, 2.05) is 12.1 Å². The lowest BCUT2D eigenvalue weighted by molar-refractivity contribution is 0.185. The fraction of sp³-hybridized carbons (Fsp3) is 0.538. The summed E-state index contributed by atoms with van der Waals surface area (Å²) in [4.78, 5) is 2.39. The van der Waals surface area contributed by atoms with E-state index < -0.39 is 0 Å². The van der Waals surface area contributed by atoms with Crippen LogP contribution in [0.2, 0.25) is 0 Å². The van der Waals surface area contributed by atoms with Crippen molar-refractivity contribution < 1.29 is 4.39 Å². The Morgan fingerprint density at radius 2 is 2.00 bits per heavy atom. The van der Waals surface area contributed by atoms with Crippen molar-refractivity contribution in [3.05, 3.63) is 35.1 Å². The van der Waals surface area contributed by atoms with Crippen LogP contribution in [0.1, 0.15) is 24.1 Å². The molecule has 0 bridgehead atoms. The van der Waals surface area contributed by atoms with Crippen molar-refractivity contribution in [1.29, 1.82) is 0 Å². The fourth-order valence-electron chi connectivity index (χ4n) is 2.15. The van der Waals surface area contributed by atoms with E-state index >= 15 is 0 Å². The topological polar surface area (TPSA) is 15.3 Å². The van der Waals surface area contributed by atoms with Gasteiger partial charge in [-0.2, -0.15) is 0 Å². The second kappa shape index (κ2) is 4.93. The number of halogens is 1. The summed E-state index contributed by atoms with van der Waals surface area (Å²) in [5, 5.41) is 3.33. The van der Waals surface area contributed by atoms with Crippen molar-refractivity contribution in [2.75, 3.05) is 26.2 Å². The molecule has 1 aliphatic heterocycles. The van der Waals surface area contributed by atoms with Gasteiger partial charge in [0.2, 0.25) is 0 Å². The molecule has 0 radical (unpaired) electrons. The van der Waals surface area contributed by atoms with Crippen LogP contribution in [0, 0.1) is 12.7 Å². The van der Waals surface area contributed by atoms with Gasteiger partial charge in [-0.1, -0.05) is 12.1 Å². The van der Waals surface area contributed by atoms with Crippen molar-refractivity contribution in [2.24, 2.45) is 0 Å². The zero-order valence-corrected chi connectivity index (χ0v) is 9.96. The maximum absolute atomic E-state index is 13.5. The van der Waals surface area contributed by atoms with Gasteiger partial charge in [0.05, 0.1) is 0 Å². The van der Waals surface area contributed by atoms with Gasteiger partial charge < -0.3 is 5.32 Å². The van der Waals surface area contributed by atoms with E-state index in [0.717, 1.165) is 37.3 Å². The largest absolute Gasteiger partial charge is 0.314 e. The van der Waals surface area contributed by atoms with Crippen LogP contribution < -0.4 is 5.32 Å². The first kappa shape index (κ1) is 11.6. The summed E-state index contributed by atoms with van der Waals surface area (Å²) in [5.74, 6) is -0.0977. The minimum Gasteiger partial charge on any atom is -0.314 e. The van der Waals surface area contributed by atoms with Crippen LogP contribution >= 0.6 is 0 Å². The maximum Gasteiger partial charge on any atom is 0.126 e. The van der Waals surface area contributed by atoms with Crippen molar-refractivity contribution >= 4 is 0 Å². The molecule has 0 amide bonds. The van der Waals surface area contributed by atoms with E-state index in [1.165, 1.54) is 0 Å². The number of nitrogens with zero attached hydrogens (tertiary/aromatic N) is 1. The number of benzene rings is 1. The summed E-state index contributed by atoms with van der Waals surface area (Å²) in [5.41, 5.74) is 1.79. The molecule has 16 heavy (non-hydrogen) atoms. The Bertz CT molecular complexity index is 359. The molecule has 0 spiro atoms. The molecular weight excluding hydrogens is 203 g/mol. The van der Waals surface area contributed by atoms with Gasteiger partial charge in [0.1, 0.15) is 5.82 Å². The Kier molecular flexibility index (Phi) is 3.56. The van der Waals surface area contributed by atoms with Crippen LogP contribution in [-0.4, -0.2) is 31.1 Å². The van der Waals surface area contributed by atoms with Gasteiger partial charge in [-0.25, -0.2) is 4.39 Å². The summed E-state index contributed by atoms with van der Waals surface area (Å²) in [7, 11) is 0. The van der Waals surface area contributed by atoms with Gasteiger partial charge in [-0.05, 0) is 31.0 Å². The molecule has 0 aliphatic carbocycles. The normalized spacial score (nSPS) is 19.7. The van der Waals surface area contributed by atoms with E-state index in [0.29, 0.717) is 6.04 Å². The standard InChI is InChI=1S/C13H19FN2/c1-10-3-4-12(9-13(10)14)11(2)16-7-5-15-6-8-16/h3-4,9,11,15H,5-8H2,1-2H3/t11-/m0/s1. The van der Waals surface area contributed by atoms with Gasteiger partial charge in [0, 0.05) is 32.2 Å². The highest BCUT2D eigenvalue weighted by Gasteiger charge is 2.18. The summed E-state index contributed by atoms with van der Waals surface area (Å²) in [6.07, 6.45) is 0. The lowest BCUT2D eigenvalue weighted by atomic mass is 10.0. The van der Waals surface area contributed by atoms with E-state index in [4.69, 9.17) is 0 Å². The summed E-state index contributed by atoms with van der Waals surface area (Å²) in [6, 6.07) is 5.87. The van der Waals surface area contributed by atoms with Crippen molar-refractivity contribution in [2.45, 2.75) is 19.9 Å². The first-order valence-corrected chi connectivity index (χ1v) is 5.89. The van der Waals surface area contributed by atoms with Gasteiger partial charge in [-0.15, -0.1) is 0 Å². The van der Waals surface area contributed by atoms with Gasteiger partial charge >= 0.3 is 0 Å². The molecule has 1 fully saturated rings. The number of piperazine rings is 1. The summed E-state index contributed by atoms with van der Waals surface area (Å²) >= 11 is 0. The van der Waals surface area contributed by atoms with Crippen LogP contribution in [0.15, 0.2) is 18.2 Å². The molecule has 1 atom stereocenters. The average Bonchev–Trinajstić information content (AvgIpc) is 2.33. The fourth-order valence-corrected chi connectivity index (χ4v) is 2.15. The minimum absolute atomic E-state index is 0.0977. The molecule has 2 nitrogen and oxygen atoms in total. The first-order chi connectivity index (χ1) is 7.68. The highest BCUT2D eigenvalue weighted by molar-refractivity contribution is 5.25. The molecule has 2 rings (SSSR count). The van der Waals surface area contributed by atoms with Crippen LogP contribution in [-0.2, 0) is 0 Å². The third-order valence-electron chi connectivity index (χ3n) is 3.38. The molecule has 1 saturated heterocycles. The Labute approximate surface area is 96.5 Å². The lowest BCUT2D eigenvalue weighted by Gasteiger charge is -2.33. The zero-order chi connectivity index (χ0) is 11.5. The lowest BCUT2D eigenvalue weighted by Crippen LogP contribution is -2.44. The number of nitrogens with one attached hydrogen (secondary N) is 1. The second-order valence-electron chi connectivity index (χ2n) is 4.47. The molecule has 3 heteroatoms. The predicted molar refractivity (Wildman–Crippen MR) is 64.0 cm³/mol. The Hall–Kier alpha value is -0.930. The highest BCUT2D eigenvalue weighted by Crippen LogP contribution is 2.22. The third kappa shape index (κ3) is 2.42. The van der Waals surface area contributed by atoms with Crippen molar-refractivity contribution in [3.63, 3.8) is 0 Å². The molecule has 1 aromatic carbocycles. The number of hydrogen-bond acceptors (Lipinski definition) is 2. The van der Waals surface area contributed by atoms with Crippen molar-refractivity contribution in [1.82, 2.24) is 10.2 Å². The summed E-state index contributed by atoms with van der Waals surface area (Å²) < 4.78 is 13.5. The smallest absolute Gasteiger partial charge is 0.126 e. The van der Waals surface area contributed by atoms with E-state index in [9.17, 15) is 4.39 Å². The molecule has 0 saturated carbocycles. The third-order valence-corrected chi connectivity index (χ3v) is 3.38. The van der Waals surface area contributed by atoms with E-state index in [2.05, 4.69) is 17.1 Å². The number of hydrogen-bond donors (Lipinski definition) is 1. The molecule has 1 aromatic rings. The van der Waals surface area contributed by atoms with Crippen LogP contribution in [0.4, 0.5) is 4.39 Å².